The summed E-state index contributed by atoms with van der Waals surface area (Å²) in [6.07, 6.45) is 2.68. The predicted octanol–water partition coefficient (Wildman–Crippen LogP) is 0.946. The van der Waals surface area contributed by atoms with E-state index in [-0.39, 0.29) is 23.4 Å². The van der Waals surface area contributed by atoms with Crippen molar-refractivity contribution in [2.45, 2.75) is 51.6 Å². The molecule has 1 fully saturated rings. The highest BCUT2D eigenvalue weighted by Gasteiger charge is 2.39. The fourth-order valence-electron chi connectivity index (χ4n) is 2.12. The number of carbonyl (C=O) groups excluding carboxylic acids is 1. The molecule has 0 aromatic rings. The fourth-order valence-corrected chi connectivity index (χ4v) is 2.49. The molecule has 4 unspecified atom stereocenters. The summed E-state index contributed by atoms with van der Waals surface area (Å²) >= 11 is 0. The Hall–Kier alpha value is -0.420. The molecule has 1 amide bonds. The van der Waals surface area contributed by atoms with Crippen LogP contribution in [0.1, 0.15) is 34.1 Å². The molecule has 0 bridgehead atoms. The maximum absolute atomic E-state index is 12.2. The first kappa shape index (κ1) is 14.6. The van der Waals surface area contributed by atoms with Gasteiger partial charge in [0.25, 0.3) is 0 Å². The van der Waals surface area contributed by atoms with Crippen LogP contribution in [0.5, 0.6) is 0 Å². The van der Waals surface area contributed by atoms with Crippen LogP contribution in [0, 0.1) is 5.92 Å². The Morgan fingerprint density at radius 1 is 1.41 bits per heavy atom. The van der Waals surface area contributed by atoms with Crippen LogP contribution in [-0.4, -0.2) is 45.3 Å². The van der Waals surface area contributed by atoms with Crippen LogP contribution < -0.4 is 5.32 Å². The first-order valence-corrected chi connectivity index (χ1v) is 7.89. The molecule has 0 spiro atoms. The van der Waals surface area contributed by atoms with Crippen LogP contribution in [0.2, 0.25) is 0 Å². The van der Waals surface area contributed by atoms with Gasteiger partial charge in [0.05, 0.1) is 12.2 Å². The summed E-state index contributed by atoms with van der Waals surface area (Å²) in [5.74, 6) is 0.452. The molecule has 4 atom stereocenters. The summed E-state index contributed by atoms with van der Waals surface area (Å²) in [4.78, 5) is 14.1. The molecule has 0 radical (unpaired) electrons. The van der Waals surface area contributed by atoms with Crippen molar-refractivity contribution in [3.63, 3.8) is 0 Å². The summed E-state index contributed by atoms with van der Waals surface area (Å²) in [6.45, 7) is 8.67. The molecule has 1 aliphatic rings. The van der Waals surface area contributed by atoms with E-state index in [1.807, 2.05) is 25.7 Å². The molecule has 100 valence electrons. The van der Waals surface area contributed by atoms with Crippen molar-refractivity contribution in [3.05, 3.63) is 0 Å². The largest absolute Gasteiger partial charge is 0.325 e. The molecule has 1 aliphatic heterocycles. The molecule has 1 rings (SSSR count). The van der Waals surface area contributed by atoms with E-state index in [2.05, 4.69) is 12.2 Å². The molecule has 1 saturated heterocycles. The lowest BCUT2D eigenvalue weighted by atomic mass is 10.1. The summed E-state index contributed by atoms with van der Waals surface area (Å²) < 4.78 is 11.4. The normalized spacial score (nSPS) is 28.8. The Morgan fingerprint density at radius 2 is 2.00 bits per heavy atom. The lowest BCUT2D eigenvalue weighted by Gasteiger charge is -2.25. The summed E-state index contributed by atoms with van der Waals surface area (Å²) in [7, 11) is -0.882. The number of hydrogen-bond acceptors (Lipinski definition) is 3. The summed E-state index contributed by atoms with van der Waals surface area (Å²) in [5, 5.41) is 3.39. The van der Waals surface area contributed by atoms with Gasteiger partial charge in [0, 0.05) is 28.9 Å². The van der Waals surface area contributed by atoms with Gasteiger partial charge in [-0.3, -0.25) is 14.3 Å². The molecule has 0 saturated carbocycles. The van der Waals surface area contributed by atoms with E-state index in [4.69, 9.17) is 0 Å². The number of rotatable bonds is 5. The molecule has 17 heavy (non-hydrogen) atoms. The molecule has 0 aromatic carbocycles. The number of amides is 1. The highest BCUT2D eigenvalue weighted by molar-refractivity contribution is 7.84. The van der Waals surface area contributed by atoms with Crippen LogP contribution in [0.3, 0.4) is 0 Å². The number of nitrogens with one attached hydrogen (secondary N) is 1. The number of nitrogens with zero attached hydrogens (tertiary/aromatic N) is 1. The van der Waals surface area contributed by atoms with Crippen molar-refractivity contribution in [3.8, 4) is 0 Å². The van der Waals surface area contributed by atoms with Gasteiger partial charge in [-0.1, -0.05) is 20.8 Å². The van der Waals surface area contributed by atoms with Gasteiger partial charge in [0.1, 0.15) is 0 Å². The third kappa shape index (κ3) is 3.28. The Labute approximate surface area is 107 Å². The van der Waals surface area contributed by atoms with Gasteiger partial charge in [-0.25, -0.2) is 0 Å². The van der Waals surface area contributed by atoms with E-state index >= 15 is 0 Å². The zero-order chi connectivity index (χ0) is 13.2. The molecule has 5 heteroatoms. The van der Waals surface area contributed by atoms with Crippen molar-refractivity contribution in [2.75, 3.05) is 12.8 Å². The van der Waals surface area contributed by atoms with Gasteiger partial charge in [-0.05, 0) is 19.3 Å². The fraction of sp³-hybridized carbons (Fsp3) is 0.917. The lowest BCUT2D eigenvalue weighted by Crippen LogP contribution is -2.41. The Balaban J connectivity index is 2.75. The highest BCUT2D eigenvalue weighted by atomic mass is 32.2. The monoisotopic (exact) mass is 260 g/mol. The minimum Gasteiger partial charge on any atom is -0.325 e. The van der Waals surface area contributed by atoms with Crippen LogP contribution in [-0.2, 0) is 15.6 Å². The van der Waals surface area contributed by atoms with Crippen LogP contribution in [0.4, 0.5) is 0 Å². The standard InChI is InChI=1S/C12H24N2O2S/c1-6-10-13-11(8(2)3)12(15)14(10)7-9(4)17(5)16/h8-11,13H,6-7H2,1-5H3. The van der Waals surface area contributed by atoms with Crippen molar-refractivity contribution in [1.82, 2.24) is 10.2 Å². The molecule has 1 heterocycles. The average molecular weight is 260 g/mol. The maximum atomic E-state index is 12.2. The molecular weight excluding hydrogens is 236 g/mol. The smallest absolute Gasteiger partial charge is 0.241 e. The van der Waals surface area contributed by atoms with Crippen LogP contribution in [0.15, 0.2) is 0 Å². The van der Waals surface area contributed by atoms with Crippen LogP contribution in [0.25, 0.3) is 0 Å². The predicted molar refractivity (Wildman–Crippen MR) is 71.1 cm³/mol. The number of hydrogen-bond donors (Lipinski definition) is 1. The van der Waals surface area contributed by atoms with E-state index in [1.54, 1.807) is 6.26 Å². The highest BCUT2D eigenvalue weighted by Crippen LogP contribution is 2.19. The topological polar surface area (TPSA) is 49.4 Å². The Kier molecular flexibility index (Phi) is 5.13. The third-order valence-corrected chi connectivity index (χ3v) is 4.65. The minimum absolute atomic E-state index is 0.0284. The second kappa shape index (κ2) is 5.96. The summed E-state index contributed by atoms with van der Waals surface area (Å²) in [6, 6.07) is -0.0857. The van der Waals surface area contributed by atoms with Crippen molar-refractivity contribution < 1.29 is 9.00 Å². The molecule has 1 N–H and O–H groups in total. The van der Waals surface area contributed by atoms with Gasteiger partial charge in [0.2, 0.25) is 5.91 Å². The van der Waals surface area contributed by atoms with Crippen LogP contribution >= 0.6 is 0 Å². The van der Waals surface area contributed by atoms with E-state index < -0.39 is 10.8 Å². The zero-order valence-electron chi connectivity index (χ0n) is 11.4. The quantitative estimate of drug-likeness (QED) is 0.800. The Morgan fingerprint density at radius 3 is 2.41 bits per heavy atom. The first-order valence-electron chi connectivity index (χ1n) is 6.27. The first-order chi connectivity index (χ1) is 7.88. The second-order valence-electron chi connectivity index (χ2n) is 5.11. The van der Waals surface area contributed by atoms with E-state index in [9.17, 15) is 9.00 Å². The third-order valence-electron chi connectivity index (χ3n) is 3.37. The Bertz CT molecular complexity index is 307. The van der Waals surface area contributed by atoms with Gasteiger partial charge < -0.3 is 4.90 Å². The van der Waals surface area contributed by atoms with Gasteiger partial charge in [0.15, 0.2) is 0 Å². The van der Waals surface area contributed by atoms with Gasteiger partial charge >= 0.3 is 0 Å². The molecule has 0 aromatic heterocycles. The van der Waals surface area contributed by atoms with Gasteiger partial charge in [-0.15, -0.1) is 0 Å². The molecule has 0 aliphatic carbocycles. The second-order valence-corrected chi connectivity index (χ2v) is 6.91. The van der Waals surface area contributed by atoms with Gasteiger partial charge in [-0.2, -0.15) is 0 Å². The zero-order valence-corrected chi connectivity index (χ0v) is 12.2. The van der Waals surface area contributed by atoms with Crippen molar-refractivity contribution >= 4 is 16.7 Å². The number of carbonyl (C=O) groups is 1. The van der Waals surface area contributed by atoms with E-state index in [0.717, 1.165) is 6.42 Å². The SMILES string of the molecule is CCC1NC(C(C)C)C(=O)N1CC(C)S(C)=O. The molecule has 4 nitrogen and oxygen atoms in total. The maximum Gasteiger partial charge on any atom is 0.241 e. The average Bonchev–Trinajstić information content (AvgIpc) is 2.56. The van der Waals surface area contributed by atoms with Crippen molar-refractivity contribution in [1.29, 1.82) is 0 Å². The summed E-state index contributed by atoms with van der Waals surface area (Å²) in [5.41, 5.74) is 0. The van der Waals surface area contributed by atoms with Crippen molar-refractivity contribution in [2.24, 2.45) is 5.92 Å². The van der Waals surface area contributed by atoms with E-state index in [1.165, 1.54) is 0 Å². The van der Waals surface area contributed by atoms with E-state index in [0.29, 0.717) is 12.5 Å². The lowest BCUT2D eigenvalue weighted by molar-refractivity contribution is -0.130. The minimum atomic E-state index is -0.882. The molecular formula is C12H24N2O2S.